The molecule has 2 atom stereocenters. The van der Waals surface area contributed by atoms with E-state index < -0.39 is 24.0 Å². The van der Waals surface area contributed by atoms with Crippen LogP contribution in [-0.4, -0.2) is 43.8 Å². The third kappa shape index (κ3) is 6.49. The summed E-state index contributed by atoms with van der Waals surface area (Å²) in [5.41, 5.74) is 3.02. The van der Waals surface area contributed by atoms with Crippen LogP contribution in [0.25, 0.3) is 0 Å². The fourth-order valence-corrected chi connectivity index (χ4v) is 3.07. The minimum atomic E-state index is -1.08. The molecule has 7 heteroatoms. The first-order valence-corrected chi connectivity index (χ1v) is 9.58. The number of imidazole rings is 1. The minimum absolute atomic E-state index is 0.124. The average molecular weight is 387 g/mol. The van der Waals surface area contributed by atoms with Gasteiger partial charge in [-0.3, -0.25) is 14.9 Å². The monoisotopic (exact) mass is 387 g/mol. The van der Waals surface area contributed by atoms with Gasteiger partial charge in [-0.25, -0.2) is 4.98 Å². The van der Waals surface area contributed by atoms with E-state index in [1.165, 1.54) is 5.56 Å². The highest BCUT2D eigenvalue weighted by Crippen LogP contribution is 2.11. The van der Waals surface area contributed by atoms with Crippen molar-refractivity contribution < 1.29 is 19.8 Å². The zero-order valence-corrected chi connectivity index (χ0v) is 16.6. The van der Waals surface area contributed by atoms with E-state index >= 15 is 0 Å². The van der Waals surface area contributed by atoms with Crippen LogP contribution >= 0.6 is 0 Å². The van der Waals surface area contributed by atoms with Crippen LogP contribution < -0.4 is 5.32 Å². The van der Waals surface area contributed by atoms with Crippen LogP contribution in [0.1, 0.15) is 44.0 Å². The summed E-state index contributed by atoms with van der Waals surface area (Å²) < 4.78 is 1.90. The molecule has 28 heavy (non-hydrogen) atoms. The molecule has 0 saturated heterocycles. The minimum Gasteiger partial charge on any atom is -0.480 e. The second kappa shape index (κ2) is 10.0. The Labute approximate surface area is 165 Å². The van der Waals surface area contributed by atoms with E-state index in [9.17, 15) is 19.8 Å². The lowest BCUT2D eigenvalue weighted by molar-refractivity contribution is -0.142. The topological polar surface area (TPSA) is 104 Å². The summed E-state index contributed by atoms with van der Waals surface area (Å²) in [5, 5.41) is 21.6. The predicted octanol–water partition coefficient (Wildman–Crippen LogP) is 2.58. The lowest BCUT2D eigenvalue weighted by Gasteiger charge is -2.21. The Balaban J connectivity index is 2.03. The maximum absolute atomic E-state index is 11.6. The number of carboxylic acids is 2. The molecule has 1 aromatic heterocycles. The first-order valence-electron chi connectivity index (χ1n) is 9.58. The van der Waals surface area contributed by atoms with Gasteiger partial charge in [0.25, 0.3) is 0 Å². The standard InChI is InChI=1S/C21H29N3O4/c1-4-15-5-7-16(8-6-15)11-24-12-17(22-13-24)10-19(21(27)28)23-18(20(25)26)9-14(2)3/h5-8,12-14,18-19,23H,4,9-11H2,1-3H3,(H,25,26)(H,27,28)/t18?,19-/m0/s1. The zero-order chi connectivity index (χ0) is 20.7. The molecule has 0 bridgehead atoms. The summed E-state index contributed by atoms with van der Waals surface area (Å²) in [4.78, 5) is 27.3. The van der Waals surface area contributed by atoms with Crippen molar-refractivity contribution in [2.75, 3.05) is 0 Å². The van der Waals surface area contributed by atoms with Crippen molar-refractivity contribution in [3.63, 3.8) is 0 Å². The van der Waals surface area contributed by atoms with Gasteiger partial charge >= 0.3 is 11.9 Å². The molecule has 0 aliphatic heterocycles. The van der Waals surface area contributed by atoms with Crippen molar-refractivity contribution in [2.45, 2.75) is 58.7 Å². The highest BCUT2D eigenvalue weighted by molar-refractivity contribution is 5.77. The number of rotatable bonds is 11. The van der Waals surface area contributed by atoms with Crippen molar-refractivity contribution in [3.05, 3.63) is 53.6 Å². The third-order valence-electron chi connectivity index (χ3n) is 4.60. The SMILES string of the molecule is CCc1ccc(Cn2cnc(C[C@H](NC(CC(C)C)C(=O)O)C(=O)O)c2)cc1. The molecule has 0 saturated carbocycles. The van der Waals surface area contributed by atoms with Gasteiger partial charge in [-0.05, 0) is 29.9 Å². The van der Waals surface area contributed by atoms with Gasteiger partial charge in [0.15, 0.2) is 0 Å². The highest BCUT2D eigenvalue weighted by atomic mass is 16.4. The van der Waals surface area contributed by atoms with Crippen molar-refractivity contribution >= 4 is 11.9 Å². The van der Waals surface area contributed by atoms with E-state index in [1.807, 2.05) is 24.6 Å². The zero-order valence-electron chi connectivity index (χ0n) is 16.6. The van der Waals surface area contributed by atoms with Crippen LogP contribution in [0.2, 0.25) is 0 Å². The molecule has 1 unspecified atom stereocenters. The third-order valence-corrected chi connectivity index (χ3v) is 4.60. The fourth-order valence-electron chi connectivity index (χ4n) is 3.07. The number of aromatic nitrogens is 2. The Morgan fingerprint density at radius 3 is 2.21 bits per heavy atom. The van der Waals surface area contributed by atoms with E-state index in [2.05, 4.69) is 41.5 Å². The van der Waals surface area contributed by atoms with Gasteiger partial charge in [0.2, 0.25) is 0 Å². The van der Waals surface area contributed by atoms with Crippen molar-refractivity contribution in [2.24, 2.45) is 5.92 Å². The number of aryl methyl sites for hydroxylation is 1. The van der Waals surface area contributed by atoms with Crippen LogP contribution in [0.5, 0.6) is 0 Å². The molecule has 0 fully saturated rings. The number of hydrogen-bond acceptors (Lipinski definition) is 4. The number of carbonyl (C=O) groups is 2. The molecule has 0 spiro atoms. The molecule has 152 valence electrons. The highest BCUT2D eigenvalue weighted by Gasteiger charge is 2.27. The van der Waals surface area contributed by atoms with Crippen LogP contribution in [0.3, 0.4) is 0 Å². The summed E-state index contributed by atoms with van der Waals surface area (Å²) >= 11 is 0. The van der Waals surface area contributed by atoms with Crippen molar-refractivity contribution in [1.29, 1.82) is 0 Å². The van der Waals surface area contributed by atoms with Gasteiger partial charge in [-0.2, -0.15) is 0 Å². The van der Waals surface area contributed by atoms with E-state index in [4.69, 9.17) is 0 Å². The van der Waals surface area contributed by atoms with Crippen molar-refractivity contribution in [1.82, 2.24) is 14.9 Å². The number of carboxylic acid groups (broad SMARTS) is 2. The number of aliphatic carboxylic acids is 2. The number of hydrogen-bond donors (Lipinski definition) is 3. The van der Waals surface area contributed by atoms with Gasteiger partial charge in [-0.1, -0.05) is 45.0 Å². The Kier molecular flexibility index (Phi) is 7.75. The molecule has 0 radical (unpaired) electrons. The number of nitrogens with one attached hydrogen (secondary N) is 1. The average Bonchev–Trinajstić information content (AvgIpc) is 3.07. The summed E-state index contributed by atoms with van der Waals surface area (Å²) in [6.45, 7) is 6.57. The lowest BCUT2D eigenvalue weighted by Crippen LogP contribution is -2.48. The van der Waals surface area contributed by atoms with Gasteiger partial charge < -0.3 is 14.8 Å². The van der Waals surface area contributed by atoms with E-state index in [-0.39, 0.29) is 12.3 Å². The fraction of sp³-hybridized carbons (Fsp3) is 0.476. The molecular weight excluding hydrogens is 358 g/mol. The largest absolute Gasteiger partial charge is 0.480 e. The van der Waals surface area contributed by atoms with Gasteiger partial charge in [0, 0.05) is 19.2 Å². The van der Waals surface area contributed by atoms with Gasteiger partial charge in [0.05, 0.1) is 12.0 Å². The molecule has 2 aromatic rings. The second-order valence-corrected chi connectivity index (χ2v) is 7.49. The van der Waals surface area contributed by atoms with Crippen molar-refractivity contribution in [3.8, 4) is 0 Å². The molecule has 7 nitrogen and oxygen atoms in total. The Morgan fingerprint density at radius 1 is 1.07 bits per heavy atom. The summed E-state index contributed by atoms with van der Waals surface area (Å²) in [7, 11) is 0. The van der Waals surface area contributed by atoms with Gasteiger partial charge in [0.1, 0.15) is 12.1 Å². The van der Waals surface area contributed by atoms with Gasteiger partial charge in [-0.15, -0.1) is 0 Å². The quantitative estimate of drug-likeness (QED) is 0.547. The summed E-state index contributed by atoms with van der Waals surface area (Å²) in [6, 6.07) is 6.43. The lowest BCUT2D eigenvalue weighted by atomic mass is 10.0. The molecule has 0 amide bonds. The first-order chi connectivity index (χ1) is 13.3. The molecule has 1 aromatic carbocycles. The molecule has 3 N–H and O–H groups in total. The normalized spacial score (nSPS) is 13.4. The molecule has 0 aliphatic carbocycles. The van der Waals surface area contributed by atoms with Crippen LogP contribution in [0.15, 0.2) is 36.8 Å². The second-order valence-electron chi connectivity index (χ2n) is 7.49. The summed E-state index contributed by atoms with van der Waals surface area (Å²) in [5.74, 6) is -1.98. The van der Waals surface area contributed by atoms with Crippen LogP contribution in [-0.2, 0) is 29.0 Å². The van der Waals surface area contributed by atoms with E-state index in [0.29, 0.717) is 18.7 Å². The maximum atomic E-state index is 11.6. The molecular formula is C21H29N3O4. The summed E-state index contributed by atoms with van der Waals surface area (Å²) in [6.07, 6.45) is 4.96. The Morgan fingerprint density at radius 2 is 1.68 bits per heavy atom. The molecule has 2 rings (SSSR count). The first kappa shape index (κ1) is 21.6. The van der Waals surface area contributed by atoms with Crippen LogP contribution in [0, 0.1) is 5.92 Å². The Bertz CT molecular complexity index is 783. The van der Waals surface area contributed by atoms with E-state index in [0.717, 1.165) is 12.0 Å². The maximum Gasteiger partial charge on any atom is 0.321 e. The van der Waals surface area contributed by atoms with Crippen LogP contribution in [0.4, 0.5) is 0 Å². The number of benzene rings is 1. The number of nitrogens with zero attached hydrogens (tertiary/aromatic N) is 2. The van der Waals surface area contributed by atoms with E-state index in [1.54, 1.807) is 6.33 Å². The molecule has 1 heterocycles. The Hall–Kier alpha value is -2.67. The predicted molar refractivity (Wildman–Crippen MR) is 106 cm³/mol. The molecule has 0 aliphatic rings. The smallest absolute Gasteiger partial charge is 0.321 e.